The predicted molar refractivity (Wildman–Crippen MR) is 221 cm³/mol. The van der Waals surface area contributed by atoms with E-state index >= 15 is 0 Å². The van der Waals surface area contributed by atoms with E-state index in [0.717, 1.165) is 17.8 Å². The van der Waals surface area contributed by atoms with Gasteiger partial charge in [0.25, 0.3) is 0 Å². The van der Waals surface area contributed by atoms with Gasteiger partial charge in [-0.3, -0.25) is 0 Å². The molecule has 0 aliphatic carbocycles. The van der Waals surface area contributed by atoms with Gasteiger partial charge in [0, 0.05) is 33.4 Å². The van der Waals surface area contributed by atoms with Crippen LogP contribution in [-0.4, -0.2) is 4.57 Å². The maximum absolute atomic E-state index is 3.65. The van der Waals surface area contributed by atoms with Crippen molar-refractivity contribution in [1.29, 1.82) is 0 Å². The second-order valence-electron chi connectivity index (χ2n) is 13.6. The van der Waals surface area contributed by atoms with Crippen molar-refractivity contribution in [1.82, 2.24) is 4.57 Å². The van der Waals surface area contributed by atoms with E-state index in [0.29, 0.717) is 0 Å². The number of rotatable bonds is 8. The van der Waals surface area contributed by atoms with Crippen LogP contribution in [0.3, 0.4) is 0 Å². The molecule has 0 saturated carbocycles. The highest BCUT2D eigenvalue weighted by Crippen LogP contribution is 2.34. The summed E-state index contributed by atoms with van der Waals surface area (Å²) >= 11 is 0. The summed E-state index contributed by atoms with van der Waals surface area (Å²) in [6, 6.07) is 70.0. The van der Waals surface area contributed by atoms with Crippen molar-refractivity contribution in [3.63, 3.8) is 0 Å². The Morgan fingerprint density at radius 2 is 0.846 bits per heavy atom. The average molecular weight is 667 g/mol. The molecule has 0 amide bonds. The Morgan fingerprint density at radius 1 is 0.404 bits per heavy atom. The van der Waals surface area contributed by atoms with Gasteiger partial charge in [0.2, 0.25) is 0 Å². The molecule has 9 aromatic rings. The largest absolute Gasteiger partial charge is 0.355 e. The summed E-state index contributed by atoms with van der Waals surface area (Å²) in [7, 11) is 0. The second kappa shape index (κ2) is 13.6. The minimum atomic E-state index is 0.899. The number of nitrogens with one attached hydrogen (secondary N) is 1. The summed E-state index contributed by atoms with van der Waals surface area (Å²) < 4.78 is 2.36. The zero-order valence-electron chi connectivity index (χ0n) is 29.1. The molecular weight excluding hydrogens is 629 g/mol. The maximum atomic E-state index is 3.65. The molecule has 9 rings (SSSR count). The van der Waals surface area contributed by atoms with Crippen molar-refractivity contribution in [2.24, 2.45) is 0 Å². The number of aryl methyl sites for hydroxylation is 1. The van der Waals surface area contributed by atoms with Crippen molar-refractivity contribution >= 4 is 33.2 Å². The molecular formula is C50H38N2. The number of anilines is 2. The molecule has 248 valence electrons. The van der Waals surface area contributed by atoms with Gasteiger partial charge in [0.1, 0.15) is 0 Å². The molecule has 2 nitrogen and oxygen atoms in total. The highest BCUT2D eigenvalue weighted by Gasteiger charge is 2.12. The fourth-order valence-electron chi connectivity index (χ4n) is 7.47. The van der Waals surface area contributed by atoms with E-state index in [1.54, 1.807) is 0 Å². The van der Waals surface area contributed by atoms with Crippen molar-refractivity contribution in [2.75, 3.05) is 5.32 Å². The summed E-state index contributed by atoms with van der Waals surface area (Å²) in [4.78, 5) is 0. The summed E-state index contributed by atoms with van der Waals surface area (Å²) in [5, 5.41) is 6.21. The van der Waals surface area contributed by atoms with E-state index < -0.39 is 0 Å². The van der Waals surface area contributed by atoms with Crippen molar-refractivity contribution in [3.8, 4) is 39.1 Å². The van der Waals surface area contributed by atoms with Gasteiger partial charge in [-0.1, -0.05) is 152 Å². The van der Waals surface area contributed by atoms with Gasteiger partial charge < -0.3 is 9.88 Å². The second-order valence-corrected chi connectivity index (χ2v) is 13.6. The van der Waals surface area contributed by atoms with Gasteiger partial charge in [-0.2, -0.15) is 0 Å². The lowest BCUT2D eigenvalue weighted by Crippen LogP contribution is -1.94. The van der Waals surface area contributed by atoms with Crippen LogP contribution >= 0.6 is 0 Å². The zero-order chi connectivity index (χ0) is 34.9. The van der Waals surface area contributed by atoms with E-state index in [1.165, 1.54) is 77.6 Å². The van der Waals surface area contributed by atoms with Crippen LogP contribution in [0, 0.1) is 6.92 Å². The number of hydrogen-bond donors (Lipinski definition) is 1. The number of para-hydroxylation sites is 3. The molecule has 0 aliphatic heterocycles. The first kappa shape index (κ1) is 31.3. The lowest BCUT2D eigenvalue weighted by Gasteiger charge is -2.14. The topological polar surface area (TPSA) is 17.0 Å². The summed E-state index contributed by atoms with van der Waals surface area (Å²) in [6.45, 7) is 2.16. The van der Waals surface area contributed by atoms with Gasteiger partial charge >= 0.3 is 0 Å². The van der Waals surface area contributed by atoms with Crippen LogP contribution in [0.1, 0.15) is 16.7 Å². The first-order chi connectivity index (χ1) is 25.7. The molecule has 0 fully saturated rings. The van der Waals surface area contributed by atoms with E-state index in [9.17, 15) is 0 Å². The van der Waals surface area contributed by atoms with Crippen LogP contribution < -0.4 is 5.32 Å². The zero-order valence-corrected chi connectivity index (χ0v) is 29.1. The molecule has 0 bridgehead atoms. The minimum absolute atomic E-state index is 0.899. The van der Waals surface area contributed by atoms with Gasteiger partial charge in [-0.15, -0.1) is 0 Å². The number of fused-ring (bicyclic) bond motifs is 3. The molecule has 2 heteroatoms. The standard InChI is InChI=1S/C50H38N2/c1-35-10-2-3-11-44(35)45-12-4-7-15-48(45)51-42-30-26-40(27-31-42)38-22-18-36(19-23-38)34-37-20-24-39(25-21-37)41-28-32-43(33-29-41)52-49-16-8-5-13-46(49)47-14-6-9-17-50(47)52/h2-33,51H,34H2,1H3. The normalized spacial score (nSPS) is 11.2. The smallest absolute Gasteiger partial charge is 0.0541 e. The van der Waals surface area contributed by atoms with Gasteiger partial charge in [0.05, 0.1) is 11.0 Å². The van der Waals surface area contributed by atoms with Gasteiger partial charge in [0.15, 0.2) is 0 Å². The SMILES string of the molecule is Cc1ccccc1-c1ccccc1Nc1ccc(-c2ccc(Cc3ccc(-c4ccc(-n5c6ccccc6c6ccccc65)cc4)cc3)cc2)cc1. The lowest BCUT2D eigenvalue weighted by atomic mass is 9.98. The van der Waals surface area contributed by atoms with E-state index in [2.05, 4.69) is 211 Å². The van der Waals surface area contributed by atoms with Crippen LogP contribution in [0.4, 0.5) is 11.4 Å². The Bertz CT molecular complexity index is 2590. The first-order valence-corrected chi connectivity index (χ1v) is 18.0. The third kappa shape index (κ3) is 6.05. The summed E-state index contributed by atoms with van der Waals surface area (Å²) in [6.07, 6.45) is 0.899. The maximum Gasteiger partial charge on any atom is 0.0541 e. The third-order valence-corrected chi connectivity index (χ3v) is 10.2. The Labute approximate surface area is 305 Å². The number of hydrogen-bond acceptors (Lipinski definition) is 1. The lowest BCUT2D eigenvalue weighted by molar-refractivity contribution is 1.18. The molecule has 0 unspecified atom stereocenters. The Morgan fingerprint density at radius 3 is 1.40 bits per heavy atom. The van der Waals surface area contributed by atoms with E-state index in [-0.39, 0.29) is 0 Å². The van der Waals surface area contributed by atoms with Crippen LogP contribution in [0.15, 0.2) is 194 Å². The Balaban J connectivity index is 0.865. The molecule has 1 heterocycles. The molecule has 1 aromatic heterocycles. The third-order valence-electron chi connectivity index (χ3n) is 10.2. The summed E-state index contributed by atoms with van der Waals surface area (Å²) in [5.41, 5.74) is 17.0. The average Bonchev–Trinajstić information content (AvgIpc) is 3.54. The van der Waals surface area contributed by atoms with E-state index in [1.807, 2.05) is 0 Å². The number of aromatic nitrogens is 1. The number of nitrogens with zero attached hydrogens (tertiary/aromatic N) is 1. The van der Waals surface area contributed by atoms with Gasteiger partial charge in [-0.05, 0) is 100 Å². The van der Waals surface area contributed by atoms with Crippen LogP contribution in [-0.2, 0) is 6.42 Å². The quantitative estimate of drug-likeness (QED) is 0.171. The Hall–Kier alpha value is -6.64. The molecule has 52 heavy (non-hydrogen) atoms. The molecule has 0 aliphatic rings. The van der Waals surface area contributed by atoms with E-state index in [4.69, 9.17) is 0 Å². The van der Waals surface area contributed by atoms with Crippen molar-refractivity contribution in [2.45, 2.75) is 13.3 Å². The molecule has 0 atom stereocenters. The molecule has 0 saturated heterocycles. The molecule has 1 N–H and O–H groups in total. The predicted octanol–water partition coefficient (Wildman–Crippen LogP) is 13.4. The summed E-state index contributed by atoms with van der Waals surface area (Å²) in [5.74, 6) is 0. The van der Waals surface area contributed by atoms with Crippen molar-refractivity contribution in [3.05, 3.63) is 211 Å². The molecule has 0 radical (unpaired) electrons. The highest BCUT2D eigenvalue weighted by molar-refractivity contribution is 6.09. The highest BCUT2D eigenvalue weighted by atomic mass is 15.0. The number of benzene rings is 8. The minimum Gasteiger partial charge on any atom is -0.355 e. The van der Waals surface area contributed by atoms with Gasteiger partial charge in [-0.25, -0.2) is 0 Å². The molecule has 0 spiro atoms. The van der Waals surface area contributed by atoms with Crippen LogP contribution in [0.5, 0.6) is 0 Å². The monoisotopic (exact) mass is 666 g/mol. The molecule has 8 aromatic carbocycles. The van der Waals surface area contributed by atoms with Crippen LogP contribution in [0.25, 0.3) is 60.9 Å². The Kier molecular flexibility index (Phi) is 8.19. The van der Waals surface area contributed by atoms with Crippen LogP contribution in [0.2, 0.25) is 0 Å². The van der Waals surface area contributed by atoms with Crippen molar-refractivity contribution < 1.29 is 0 Å². The first-order valence-electron chi connectivity index (χ1n) is 18.0. The fourth-order valence-corrected chi connectivity index (χ4v) is 7.47. The fraction of sp³-hybridized carbons (Fsp3) is 0.0400.